The second-order valence-corrected chi connectivity index (χ2v) is 4.28. The molecule has 78 valence electrons. The van der Waals surface area contributed by atoms with Crippen LogP contribution in [0.1, 0.15) is 34.1 Å². The van der Waals surface area contributed by atoms with Crippen LogP contribution >= 0.6 is 0 Å². The number of likely N-dealkylation sites (N-methyl/N-ethyl adjacent to an activating group) is 1. The molecule has 0 rings (SSSR count). The summed E-state index contributed by atoms with van der Waals surface area (Å²) in [5, 5.41) is 0. The van der Waals surface area contributed by atoms with Crippen molar-refractivity contribution >= 4 is 5.91 Å². The van der Waals surface area contributed by atoms with Gasteiger partial charge >= 0.3 is 0 Å². The first-order valence-corrected chi connectivity index (χ1v) is 4.88. The molecule has 0 heterocycles. The third kappa shape index (κ3) is 4.27. The number of hydrogen-bond acceptors (Lipinski definition) is 2. The third-order valence-electron chi connectivity index (χ3n) is 2.16. The van der Waals surface area contributed by atoms with E-state index in [1.54, 1.807) is 11.9 Å². The van der Waals surface area contributed by atoms with Crippen LogP contribution in [0.15, 0.2) is 0 Å². The summed E-state index contributed by atoms with van der Waals surface area (Å²) in [5.41, 5.74) is 5.77. The van der Waals surface area contributed by atoms with E-state index in [2.05, 4.69) is 13.8 Å². The van der Waals surface area contributed by atoms with Crippen LogP contribution in [0.4, 0.5) is 0 Å². The summed E-state index contributed by atoms with van der Waals surface area (Å²) < 4.78 is 0. The normalized spacial score (nSPS) is 13.5. The number of rotatable bonds is 4. The molecule has 0 bridgehead atoms. The zero-order valence-electron chi connectivity index (χ0n) is 9.37. The summed E-state index contributed by atoms with van der Waals surface area (Å²) in [6.45, 7) is 8.12. The summed E-state index contributed by atoms with van der Waals surface area (Å²) in [7, 11) is 1.80. The van der Waals surface area contributed by atoms with Gasteiger partial charge in [0.15, 0.2) is 0 Å². The van der Waals surface area contributed by atoms with E-state index in [1.165, 1.54) is 0 Å². The molecule has 3 heteroatoms. The van der Waals surface area contributed by atoms with Gasteiger partial charge in [-0.2, -0.15) is 0 Å². The highest BCUT2D eigenvalue weighted by Gasteiger charge is 2.20. The number of amides is 1. The molecule has 0 spiro atoms. The van der Waals surface area contributed by atoms with Crippen molar-refractivity contribution in [1.29, 1.82) is 0 Å². The molecule has 0 aromatic heterocycles. The highest BCUT2D eigenvalue weighted by atomic mass is 16.2. The molecular weight excluding hydrogens is 164 g/mol. The van der Waals surface area contributed by atoms with E-state index in [0.29, 0.717) is 5.92 Å². The smallest absolute Gasteiger partial charge is 0.239 e. The van der Waals surface area contributed by atoms with E-state index >= 15 is 0 Å². The van der Waals surface area contributed by atoms with Crippen LogP contribution in [0.5, 0.6) is 0 Å². The lowest BCUT2D eigenvalue weighted by molar-refractivity contribution is -0.133. The minimum Gasteiger partial charge on any atom is -0.342 e. The number of carbonyl (C=O) groups excluding carboxylic acids is 1. The number of nitrogens with two attached hydrogens (primary N) is 1. The molecule has 2 N–H and O–H groups in total. The van der Waals surface area contributed by atoms with E-state index in [9.17, 15) is 4.79 Å². The van der Waals surface area contributed by atoms with Gasteiger partial charge in [0, 0.05) is 13.1 Å². The quantitative estimate of drug-likeness (QED) is 0.717. The van der Waals surface area contributed by atoms with Gasteiger partial charge in [0.2, 0.25) is 5.91 Å². The van der Waals surface area contributed by atoms with Crippen molar-refractivity contribution in [1.82, 2.24) is 4.90 Å². The Hall–Kier alpha value is -0.570. The van der Waals surface area contributed by atoms with Crippen molar-refractivity contribution in [2.24, 2.45) is 11.7 Å². The average molecular weight is 186 g/mol. The standard InChI is InChI=1S/C10H22N2O/c1-7(2)6-9(11)10(13)12(5)8(3)4/h7-9H,6,11H2,1-5H3/t9-/m0/s1. The minimum absolute atomic E-state index is 0.0451. The Labute approximate surface area is 81.3 Å². The molecule has 0 radical (unpaired) electrons. The van der Waals surface area contributed by atoms with Crippen LogP contribution < -0.4 is 5.73 Å². The first-order chi connectivity index (χ1) is 5.86. The molecule has 0 unspecified atom stereocenters. The molecule has 0 aromatic rings. The van der Waals surface area contributed by atoms with Crippen LogP contribution in [0.3, 0.4) is 0 Å². The van der Waals surface area contributed by atoms with E-state index in [-0.39, 0.29) is 18.0 Å². The van der Waals surface area contributed by atoms with E-state index in [4.69, 9.17) is 5.73 Å². The molecule has 0 aliphatic rings. The van der Waals surface area contributed by atoms with Crippen LogP contribution in [0.2, 0.25) is 0 Å². The van der Waals surface area contributed by atoms with Gasteiger partial charge in [-0.25, -0.2) is 0 Å². The van der Waals surface area contributed by atoms with E-state index in [0.717, 1.165) is 6.42 Å². The van der Waals surface area contributed by atoms with Crippen LogP contribution in [0.25, 0.3) is 0 Å². The summed E-state index contributed by atoms with van der Waals surface area (Å²) >= 11 is 0. The minimum atomic E-state index is -0.340. The average Bonchev–Trinajstić information content (AvgIpc) is 2.00. The lowest BCUT2D eigenvalue weighted by atomic mass is 10.0. The SMILES string of the molecule is CC(C)C[C@H](N)C(=O)N(C)C(C)C. The van der Waals surface area contributed by atoms with Gasteiger partial charge in [-0.1, -0.05) is 13.8 Å². The maximum atomic E-state index is 11.6. The van der Waals surface area contributed by atoms with Crippen LogP contribution in [-0.2, 0) is 4.79 Å². The Morgan fingerprint density at radius 3 is 2.08 bits per heavy atom. The van der Waals surface area contributed by atoms with Crippen molar-refractivity contribution in [3.63, 3.8) is 0 Å². The number of nitrogens with zero attached hydrogens (tertiary/aromatic N) is 1. The first-order valence-electron chi connectivity index (χ1n) is 4.88. The summed E-state index contributed by atoms with van der Waals surface area (Å²) in [4.78, 5) is 13.3. The number of carbonyl (C=O) groups is 1. The molecular formula is C10H22N2O. The molecule has 0 saturated heterocycles. The lowest BCUT2D eigenvalue weighted by Gasteiger charge is -2.25. The molecule has 3 nitrogen and oxygen atoms in total. The van der Waals surface area contributed by atoms with Gasteiger partial charge in [-0.15, -0.1) is 0 Å². The van der Waals surface area contributed by atoms with Gasteiger partial charge in [0.1, 0.15) is 0 Å². The second kappa shape index (κ2) is 5.22. The van der Waals surface area contributed by atoms with Crippen molar-refractivity contribution in [2.75, 3.05) is 7.05 Å². The van der Waals surface area contributed by atoms with Gasteiger partial charge in [0.25, 0.3) is 0 Å². The van der Waals surface area contributed by atoms with Crippen LogP contribution in [0, 0.1) is 5.92 Å². The molecule has 13 heavy (non-hydrogen) atoms. The monoisotopic (exact) mass is 186 g/mol. The van der Waals surface area contributed by atoms with Gasteiger partial charge < -0.3 is 10.6 Å². The van der Waals surface area contributed by atoms with Crippen LogP contribution in [-0.4, -0.2) is 29.9 Å². The zero-order chi connectivity index (χ0) is 10.6. The number of hydrogen-bond donors (Lipinski definition) is 1. The lowest BCUT2D eigenvalue weighted by Crippen LogP contribution is -2.45. The Morgan fingerprint density at radius 1 is 1.31 bits per heavy atom. The molecule has 0 saturated carbocycles. The van der Waals surface area contributed by atoms with Gasteiger partial charge in [-0.3, -0.25) is 4.79 Å². The Kier molecular flexibility index (Phi) is 4.99. The zero-order valence-corrected chi connectivity index (χ0v) is 9.37. The summed E-state index contributed by atoms with van der Waals surface area (Å²) in [5.74, 6) is 0.517. The Bertz CT molecular complexity index is 166. The van der Waals surface area contributed by atoms with Gasteiger partial charge in [-0.05, 0) is 26.2 Å². The highest BCUT2D eigenvalue weighted by molar-refractivity contribution is 5.81. The molecule has 1 atom stereocenters. The maximum Gasteiger partial charge on any atom is 0.239 e. The van der Waals surface area contributed by atoms with E-state index in [1.807, 2.05) is 13.8 Å². The van der Waals surface area contributed by atoms with Crippen molar-refractivity contribution in [3.8, 4) is 0 Å². The Balaban J connectivity index is 4.09. The molecule has 0 aliphatic heterocycles. The van der Waals surface area contributed by atoms with Crippen molar-refractivity contribution in [2.45, 2.75) is 46.2 Å². The fourth-order valence-electron chi connectivity index (χ4n) is 1.12. The molecule has 0 aromatic carbocycles. The largest absolute Gasteiger partial charge is 0.342 e. The highest BCUT2D eigenvalue weighted by Crippen LogP contribution is 2.06. The third-order valence-corrected chi connectivity index (χ3v) is 2.16. The fourth-order valence-corrected chi connectivity index (χ4v) is 1.12. The topological polar surface area (TPSA) is 46.3 Å². The second-order valence-electron chi connectivity index (χ2n) is 4.28. The molecule has 1 amide bonds. The Morgan fingerprint density at radius 2 is 1.77 bits per heavy atom. The van der Waals surface area contributed by atoms with Crippen molar-refractivity contribution < 1.29 is 4.79 Å². The van der Waals surface area contributed by atoms with E-state index < -0.39 is 0 Å². The summed E-state index contributed by atoms with van der Waals surface area (Å²) in [6, 6.07) is -0.113. The first kappa shape index (κ1) is 12.4. The van der Waals surface area contributed by atoms with Gasteiger partial charge in [0.05, 0.1) is 6.04 Å². The molecule has 0 aliphatic carbocycles. The molecule has 0 fully saturated rings. The summed E-state index contributed by atoms with van der Waals surface area (Å²) in [6.07, 6.45) is 0.760. The van der Waals surface area contributed by atoms with Crippen molar-refractivity contribution in [3.05, 3.63) is 0 Å². The fraction of sp³-hybridized carbons (Fsp3) is 0.900. The predicted octanol–water partition coefficient (Wildman–Crippen LogP) is 1.23. The maximum absolute atomic E-state index is 11.6. The predicted molar refractivity (Wildman–Crippen MR) is 55.3 cm³/mol.